The summed E-state index contributed by atoms with van der Waals surface area (Å²) in [5.41, 5.74) is 1.22. The van der Waals surface area contributed by atoms with Gasteiger partial charge in [-0.2, -0.15) is 0 Å². The van der Waals surface area contributed by atoms with E-state index in [4.69, 9.17) is 0 Å². The first-order valence-corrected chi connectivity index (χ1v) is 14.7. The number of nitro benzene ring substituents is 1. The molecule has 0 spiro atoms. The molecule has 0 unspecified atom stereocenters. The zero-order valence-electron chi connectivity index (χ0n) is 24.1. The van der Waals surface area contributed by atoms with E-state index < -0.39 is 28.5 Å². The number of fused-ring (bicyclic) bond motifs is 1. The lowest BCUT2D eigenvalue weighted by Gasteiger charge is -2.26. The topological polar surface area (TPSA) is 122 Å². The lowest BCUT2D eigenvalue weighted by atomic mass is 9.96. The van der Waals surface area contributed by atoms with Gasteiger partial charge in [0.2, 0.25) is 0 Å². The van der Waals surface area contributed by atoms with Gasteiger partial charge in [-0.05, 0) is 67.8 Å². The Bertz CT molecular complexity index is 1620. The summed E-state index contributed by atoms with van der Waals surface area (Å²) >= 11 is 1.49. The van der Waals surface area contributed by atoms with Crippen LogP contribution in [0, 0.1) is 17.0 Å². The maximum Gasteiger partial charge on any atom is 0.270 e. The molecular formula is C33H35N3O5S. The molecule has 4 rings (SSSR count). The Labute approximate surface area is 249 Å². The number of carbonyl (C=O) groups excluding carboxylic acids is 2. The molecule has 0 saturated heterocycles. The van der Waals surface area contributed by atoms with Gasteiger partial charge < -0.3 is 15.7 Å². The van der Waals surface area contributed by atoms with Crippen molar-refractivity contribution in [3.05, 3.63) is 117 Å². The van der Waals surface area contributed by atoms with Crippen LogP contribution in [-0.2, 0) is 6.42 Å². The summed E-state index contributed by atoms with van der Waals surface area (Å²) < 4.78 is 0. The Morgan fingerprint density at radius 1 is 0.905 bits per heavy atom. The lowest BCUT2D eigenvalue weighted by Crippen LogP contribution is -2.46. The van der Waals surface area contributed by atoms with Crippen LogP contribution in [-0.4, -0.2) is 45.3 Å². The van der Waals surface area contributed by atoms with Crippen molar-refractivity contribution in [3.63, 3.8) is 0 Å². The van der Waals surface area contributed by atoms with Crippen LogP contribution in [0.15, 0.2) is 89.8 Å². The predicted octanol–water partition coefficient (Wildman–Crippen LogP) is 6.08. The number of nitrogens with zero attached hydrogens (tertiary/aromatic N) is 1. The van der Waals surface area contributed by atoms with Gasteiger partial charge in [0.15, 0.2) is 0 Å². The number of nitro groups is 1. The molecule has 0 saturated carbocycles. The molecule has 218 valence electrons. The number of hydrogen-bond donors (Lipinski definition) is 3. The summed E-state index contributed by atoms with van der Waals surface area (Å²) in [5.74, 6) is -0.433. The molecule has 8 nitrogen and oxygen atoms in total. The molecule has 2 amide bonds. The molecule has 0 aliphatic heterocycles. The van der Waals surface area contributed by atoms with Crippen LogP contribution in [0.1, 0.15) is 52.6 Å². The van der Waals surface area contributed by atoms with Crippen LogP contribution in [0.3, 0.4) is 0 Å². The number of non-ortho nitro benzene ring substituents is 1. The number of nitrogens with one attached hydrogen (secondary N) is 2. The number of thioether (sulfide) groups is 1. The third kappa shape index (κ3) is 7.96. The highest BCUT2D eigenvalue weighted by molar-refractivity contribution is 7.99. The molecule has 0 heterocycles. The zero-order chi connectivity index (χ0) is 30.4. The molecule has 0 aliphatic carbocycles. The molecule has 0 aromatic heterocycles. The third-order valence-electron chi connectivity index (χ3n) is 6.79. The summed E-state index contributed by atoms with van der Waals surface area (Å²) in [4.78, 5) is 38.2. The van der Waals surface area contributed by atoms with E-state index in [0.717, 1.165) is 15.7 Å². The number of hydrogen-bond acceptors (Lipinski definition) is 6. The Morgan fingerprint density at radius 3 is 2.31 bits per heavy atom. The van der Waals surface area contributed by atoms with Crippen LogP contribution in [0.25, 0.3) is 10.8 Å². The standard InChI is InChI=1S/C33H35N3O5S/c1-21-13-15-25(36(40)41)19-28(21)31(38)34-29(20-42-26-16-14-22-9-5-6-10-23(22)17-26)30(37)18-24-11-7-8-12-27(24)32(39)35-33(2,3)4/h5-17,19,29-30,37H,18,20H2,1-4H3,(H,34,38)(H,35,39)/t29-,30+/m0/s1. The first-order chi connectivity index (χ1) is 19.9. The van der Waals surface area contributed by atoms with Crippen molar-refractivity contribution in [1.82, 2.24) is 10.6 Å². The summed E-state index contributed by atoms with van der Waals surface area (Å²) in [7, 11) is 0. The molecule has 0 bridgehead atoms. The summed E-state index contributed by atoms with van der Waals surface area (Å²) in [6.45, 7) is 7.40. The molecule has 0 aliphatic rings. The first-order valence-electron chi connectivity index (χ1n) is 13.7. The zero-order valence-corrected chi connectivity index (χ0v) is 24.9. The van der Waals surface area contributed by atoms with Crippen LogP contribution in [0.4, 0.5) is 5.69 Å². The van der Waals surface area contributed by atoms with E-state index in [1.54, 1.807) is 31.2 Å². The molecule has 3 N–H and O–H groups in total. The molecule has 0 fully saturated rings. The molecule has 4 aromatic rings. The Hall–Kier alpha value is -4.21. The van der Waals surface area contributed by atoms with E-state index in [2.05, 4.69) is 16.7 Å². The molecule has 4 aromatic carbocycles. The quantitative estimate of drug-likeness (QED) is 0.118. The number of benzene rings is 4. The highest BCUT2D eigenvalue weighted by atomic mass is 32.2. The average Bonchev–Trinajstić information content (AvgIpc) is 2.94. The largest absolute Gasteiger partial charge is 0.391 e. The minimum absolute atomic E-state index is 0.116. The van der Waals surface area contributed by atoms with Gasteiger partial charge in [-0.3, -0.25) is 19.7 Å². The second kappa shape index (κ2) is 13.2. The lowest BCUT2D eigenvalue weighted by molar-refractivity contribution is -0.384. The van der Waals surface area contributed by atoms with Crippen molar-refractivity contribution in [1.29, 1.82) is 0 Å². The van der Waals surface area contributed by atoms with Gasteiger partial charge in [-0.25, -0.2) is 0 Å². The van der Waals surface area contributed by atoms with Crippen LogP contribution in [0.5, 0.6) is 0 Å². The van der Waals surface area contributed by atoms with Crippen molar-refractivity contribution in [3.8, 4) is 0 Å². The van der Waals surface area contributed by atoms with Crippen molar-refractivity contribution < 1.29 is 19.6 Å². The number of aliphatic hydroxyl groups is 1. The van der Waals surface area contributed by atoms with Crippen LogP contribution in [0.2, 0.25) is 0 Å². The van der Waals surface area contributed by atoms with Gasteiger partial charge >= 0.3 is 0 Å². The Kier molecular flexibility index (Phi) is 9.65. The van der Waals surface area contributed by atoms with E-state index in [0.29, 0.717) is 22.4 Å². The van der Waals surface area contributed by atoms with Crippen LogP contribution >= 0.6 is 11.8 Å². The average molecular weight is 586 g/mol. The predicted molar refractivity (Wildman–Crippen MR) is 167 cm³/mol. The Balaban J connectivity index is 1.60. The summed E-state index contributed by atoms with van der Waals surface area (Å²) in [6.07, 6.45) is -0.935. The Morgan fingerprint density at radius 2 is 1.60 bits per heavy atom. The van der Waals surface area contributed by atoms with Gasteiger partial charge in [0, 0.05) is 45.9 Å². The molecular weight excluding hydrogens is 550 g/mol. The maximum atomic E-state index is 13.4. The number of rotatable bonds is 10. The highest BCUT2D eigenvalue weighted by Gasteiger charge is 2.26. The van der Waals surface area contributed by atoms with Crippen molar-refractivity contribution in [2.24, 2.45) is 0 Å². The van der Waals surface area contributed by atoms with E-state index in [-0.39, 0.29) is 23.6 Å². The maximum absolute atomic E-state index is 13.4. The van der Waals surface area contributed by atoms with E-state index >= 15 is 0 Å². The number of aliphatic hydroxyl groups excluding tert-OH is 1. The third-order valence-corrected chi connectivity index (χ3v) is 7.90. The van der Waals surface area contributed by atoms with Crippen molar-refractivity contribution in [2.45, 2.75) is 56.7 Å². The molecule has 0 radical (unpaired) electrons. The van der Waals surface area contributed by atoms with Gasteiger partial charge in [-0.1, -0.05) is 54.6 Å². The smallest absolute Gasteiger partial charge is 0.270 e. The normalized spacial score (nSPS) is 12.9. The minimum Gasteiger partial charge on any atom is -0.391 e. The SMILES string of the molecule is Cc1ccc([N+](=O)[O-])cc1C(=O)N[C@@H](CSc1ccc2ccccc2c1)[C@H](O)Cc1ccccc1C(=O)NC(C)(C)C. The highest BCUT2D eigenvalue weighted by Crippen LogP contribution is 2.26. The number of amides is 2. The fourth-order valence-corrected chi connectivity index (χ4v) is 5.65. The molecule has 9 heteroatoms. The van der Waals surface area contributed by atoms with Gasteiger partial charge in [0.05, 0.1) is 17.1 Å². The van der Waals surface area contributed by atoms with Crippen molar-refractivity contribution in [2.75, 3.05) is 5.75 Å². The van der Waals surface area contributed by atoms with Gasteiger partial charge in [0.1, 0.15) is 0 Å². The minimum atomic E-state index is -1.05. The van der Waals surface area contributed by atoms with Gasteiger partial charge in [-0.15, -0.1) is 11.8 Å². The van der Waals surface area contributed by atoms with E-state index in [9.17, 15) is 24.8 Å². The van der Waals surface area contributed by atoms with E-state index in [1.165, 1.54) is 30.0 Å². The fourth-order valence-electron chi connectivity index (χ4n) is 4.60. The summed E-state index contributed by atoms with van der Waals surface area (Å²) in [6, 6.07) is 24.6. The van der Waals surface area contributed by atoms with Crippen LogP contribution < -0.4 is 10.6 Å². The van der Waals surface area contributed by atoms with E-state index in [1.807, 2.05) is 57.2 Å². The fraction of sp³-hybridized carbons (Fsp3) is 0.273. The molecule has 42 heavy (non-hydrogen) atoms. The number of aryl methyl sites for hydroxylation is 1. The second-order valence-electron chi connectivity index (χ2n) is 11.3. The molecule has 2 atom stereocenters. The number of carbonyl (C=O) groups is 2. The van der Waals surface area contributed by atoms with Crippen molar-refractivity contribution >= 4 is 40.0 Å². The monoisotopic (exact) mass is 585 g/mol. The summed E-state index contributed by atoms with van der Waals surface area (Å²) in [5, 5.41) is 30.9. The van der Waals surface area contributed by atoms with Gasteiger partial charge in [0.25, 0.3) is 17.5 Å². The second-order valence-corrected chi connectivity index (χ2v) is 12.4. The first kappa shape index (κ1) is 30.7.